The van der Waals surface area contributed by atoms with Crippen molar-refractivity contribution in [3.63, 3.8) is 0 Å². The number of hydrogen-bond acceptors (Lipinski definition) is 3. The van der Waals surface area contributed by atoms with Crippen LogP contribution in [0.5, 0.6) is 0 Å². The maximum absolute atomic E-state index is 14.0. The lowest BCUT2D eigenvalue weighted by atomic mass is 10.0. The minimum atomic E-state index is -4.05. The summed E-state index contributed by atoms with van der Waals surface area (Å²) >= 11 is 0. The molecular weight excluding hydrogens is 533 g/mol. The molecule has 0 amide bonds. The average molecular weight is 609 g/mol. The van der Waals surface area contributed by atoms with Gasteiger partial charge in [0.15, 0.2) is 0 Å². The summed E-state index contributed by atoms with van der Waals surface area (Å²) in [7, 11) is -4.05. The Hall–Kier alpha value is -0.200. The molecule has 0 N–H and O–H groups in total. The smallest absolute Gasteiger partial charge is 0.299 e. The number of quaternary nitrogens is 1. The van der Waals surface area contributed by atoms with Gasteiger partial charge < -0.3 is 4.48 Å². The third kappa shape index (κ3) is 27.1. The fraction of sp³-hybridized carbons (Fsp3) is 1.00. The monoisotopic (exact) mass is 609 g/mol. The van der Waals surface area contributed by atoms with Crippen molar-refractivity contribution in [2.24, 2.45) is 0 Å². The molecule has 0 bridgehead atoms. The fourth-order valence-corrected chi connectivity index (χ4v) is 6.42. The number of alkyl halides is 1. The molecule has 0 aliphatic carbocycles. The van der Waals surface area contributed by atoms with Crippen molar-refractivity contribution in [3.05, 3.63) is 0 Å². The molecule has 250 valence electrons. The predicted octanol–water partition coefficient (Wildman–Crippen LogP) is 11.5. The first-order chi connectivity index (χ1) is 19.8. The van der Waals surface area contributed by atoms with E-state index >= 15 is 0 Å². The maximum atomic E-state index is 14.0. The van der Waals surface area contributed by atoms with E-state index in [0.717, 1.165) is 25.7 Å². The molecule has 0 aliphatic rings. The molecule has 1 atom stereocenters. The molecule has 0 radical (unpaired) electrons. The van der Waals surface area contributed by atoms with E-state index in [1.807, 2.05) is 0 Å². The molecule has 0 aromatic rings. The highest BCUT2D eigenvalue weighted by atomic mass is 32.2. The average Bonchev–Trinajstić information content (AvgIpc) is 2.98. The van der Waals surface area contributed by atoms with Crippen LogP contribution in [0.2, 0.25) is 0 Å². The summed E-state index contributed by atoms with van der Waals surface area (Å²) in [5.74, 6) is 0. The summed E-state index contributed by atoms with van der Waals surface area (Å²) in [4.78, 5) is 0. The first kappa shape index (κ1) is 42.9. The summed E-state index contributed by atoms with van der Waals surface area (Å²) < 4.78 is 44.0. The van der Waals surface area contributed by atoms with E-state index in [4.69, 9.17) is 4.18 Å². The summed E-state index contributed by atoms with van der Waals surface area (Å²) in [6.45, 7) is 18.8. The van der Waals surface area contributed by atoms with Crippen molar-refractivity contribution in [2.75, 3.05) is 32.8 Å². The Kier molecular flexibility index (Phi) is 32.7. The largest absolute Gasteiger partial charge is 0.325 e. The molecule has 41 heavy (non-hydrogen) atoms. The summed E-state index contributed by atoms with van der Waals surface area (Å²) in [5.41, 5.74) is -1.87. The van der Waals surface area contributed by atoms with Gasteiger partial charge in [-0.05, 0) is 47.0 Å². The van der Waals surface area contributed by atoms with Gasteiger partial charge in [0.1, 0.15) is 0 Å². The van der Waals surface area contributed by atoms with E-state index in [9.17, 15) is 12.8 Å². The number of nitrogens with zero attached hydrogens (tertiary/aromatic N) is 1. The highest BCUT2D eigenvalue weighted by Crippen LogP contribution is 2.18. The number of unbranched alkanes of at least 4 members (excludes halogenated alkanes) is 20. The molecule has 0 saturated heterocycles. The third-order valence-electron chi connectivity index (χ3n) is 9.03. The van der Waals surface area contributed by atoms with Gasteiger partial charge >= 0.3 is 0 Å². The standard InChI is InChI=1S/C27H55FO3S.C8H20N/c1-3-5-7-9-11-13-14-15-16-17-18-20-22-24-26-31-32(29,30)27(28)25-23-21-19-12-10-8-6-4-2;1-5-9(6-2,7-3)8-4/h27H,3-26H2,1-2H3;5-8H2,1-4H3/q;+1. The Bertz CT molecular complexity index is 593. The van der Waals surface area contributed by atoms with Gasteiger partial charge in [-0.25, -0.2) is 4.39 Å². The Balaban J connectivity index is 0. The molecule has 0 heterocycles. The summed E-state index contributed by atoms with van der Waals surface area (Å²) in [6.07, 6.45) is 26.3. The van der Waals surface area contributed by atoms with Gasteiger partial charge in [-0.3, -0.25) is 4.18 Å². The molecule has 1 unspecified atom stereocenters. The fourth-order valence-electron chi connectivity index (χ4n) is 5.47. The minimum absolute atomic E-state index is 0.0655. The molecular formula is C35H75FNO3S+. The van der Waals surface area contributed by atoms with E-state index in [1.165, 1.54) is 133 Å². The van der Waals surface area contributed by atoms with Crippen LogP contribution in [0.4, 0.5) is 4.39 Å². The maximum Gasteiger partial charge on any atom is 0.299 e. The Labute approximate surface area is 258 Å². The van der Waals surface area contributed by atoms with Crippen LogP contribution in [-0.2, 0) is 14.3 Å². The van der Waals surface area contributed by atoms with E-state index in [2.05, 4.69) is 41.5 Å². The van der Waals surface area contributed by atoms with Crippen molar-refractivity contribution in [3.8, 4) is 0 Å². The van der Waals surface area contributed by atoms with Gasteiger partial charge in [-0.15, -0.1) is 0 Å². The van der Waals surface area contributed by atoms with Crippen LogP contribution < -0.4 is 0 Å². The van der Waals surface area contributed by atoms with Crippen molar-refractivity contribution in [2.45, 2.75) is 195 Å². The van der Waals surface area contributed by atoms with E-state index in [0.29, 0.717) is 12.8 Å². The Morgan fingerprint density at radius 3 is 1.07 bits per heavy atom. The van der Waals surface area contributed by atoms with Crippen molar-refractivity contribution in [1.82, 2.24) is 0 Å². The lowest BCUT2D eigenvalue weighted by Gasteiger charge is -2.34. The van der Waals surface area contributed by atoms with Crippen LogP contribution in [0, 0.1) is 0 Å². The SMILES string of the molecule is CCCCCCCCCCCCCCCCOS(=O)(=O)C(F)CCCCCCCCCC.CC[N+](CC)(CC)CC. The quantitative estimate of drug-likeness (QED) is 0.0463. The van der Waals surface area contributed by atoms with Crippen LogP contribution in [0.1, 0.15) is 189 Å². The summed E-state index contributed by atoms with van der Waals surface area (Å²) in [5, 5.41) is 0. The molecule has 0 saturated carbocycles. The molecule has 0 spiro atoms. The molecule has 0 aromatic carbocycles. The highest BCUT2D eigenvalue weighted by Gasteiger charge is 2.25. The Morgan fingerprint density at radius 2 is 0.780 bits per heavy atom. The first-order valence-electron chi connectivity index (χ1n) is 18.2. The van der Waals surface area contributed by atoms with E-state index in [-0.39, 0.29) is 13.0 Å². The van der Waals surface area contributed by atoms with Gasteiger partial charge in [0, 0.05) is 0 Å². The van der Waals surface area contributed by atoms with Gasteiger partial charge in [-0.1, -0.05) is 142 Å². The highest BCUT2D eigenvalue weighted by molar-refractivity contribution is 7.87. The second-order valence-electron chi connectivity index (χ2n) is 12.2. The minimum Gasteiger partial charge on any atom is -0.325 e. The van der Waals surface area contributed by atoms with E-state index < -0.39 is 15.6 Å². The molecule has 0 aromatic heterocycles. The molecule has 4 nitrogen and oxygen atoms in total. The topological polar surface area (TPSA) is 43.4 Å². The van der Waals surface area contributed by atoms with Crippen LogP contribution in [0.25, 0.3) is 0 Å². The van der Waals surface area contributed by atoms with Crippen molar-refractivity contribution >= 4 is 10.1 Å². The van der Waals surface area contributed by atoms with Crippen molar-refractivity contribution < 1.29 is 21.5 Å². The lowest BCUT2D eigenvalue weighted by Crippen LogP contribution is -2.47. The van der Waals surface area contributed by atoms with Crippen LogP contribution >= 0.6 is 0 Å². The van der Waals surface area contributed by atoms with Gasteiger partial charge in [0.25, 0.3) is 10.1 Å². The molecule has 0 rings (SSSR count). The normalized spacial score (nSPS) is 12.8. The van der Waals surface area contributed by atoms with Gasteiger partial charge in [-0.2, -0.15) is 8.42 Å². The van der Waals surface area contributed by atoms with Crippen LogP contribution in [0.3, 0.4) is 0 Å². The Morgan fingerprint density at radius 1 is 0.488 bits per heavy atom. The zero-order chi connectivity index (χ0) is 31.1. The number of rotatable bonds is 30. The zero-order valence-corrected chi connectivity index (χ0v) is 29.7. The van der Waals surface area contributed by atoms with Crippen molar-refractivity contribution in [1.29, 1.82) is 0 Å². The zero-order valence-electron chi connectivity index (χ0n) is 28.8. The summed E-state index contributed by atoms with van der Waals surface area (Å²) in [6, 6.07) is 0. The second kappa shape index (κ2) is 31.2. The third-order valence-corrected chi connectivity index (χ3v) is 10.4. The molecule has 0 aliphatic heterocycles. The molecule has 0 fully saturated rings. The number of hydrogen-bond donors (Lipinski definition) is 0. The lowest BCUT2D eigenvalue weighted by molar-refractivity contribution is -0.921. The first-order valence-corrected chi connectivity index (χ1v) is 19.6. The van der Waals surface area contributed by atoms with E-state index in [1.54, 1.807) is 0 Å². The predicted molar refractivity (Wildman–Crippen MR) is 180 cm³/mol. The van der Waals surface area contributed by atoms with Crippen LogP contribution in [0.15, 0.2) is 0 Å². The van der Waals surface area contributed by atoms with Crippen LogP contribution in [-0.4, -0.2) is 51.2 Å². The second-order valence-corrected chi connectivity index (χ2v) is 13.9. The van der Waals surface area contributed by atoms with Gasteiger partial charge in [0.2, 0.25) is 5.50 Å². The van der Waals surface area contributed by atoms with Gasteiger partial charge in [0.05, 0.1) is 32.8 Å². The number of halogens is 1. The molecule has 6 heteroatoms.